The monoisotopic (exact) mass is 265 g/mol. The van der Waals surface area contributed by atoms with Gasteiger partial charge >= 0.3 is 0 Å². The molecule has 1 saturated heterocycles. The van der Waals surface area contributed by atoms with E-state index in [0.29, 0.717) is 6.04 Å². The predicted molar refractivity (Wildman–Crippen MR) is 74.7 cm³/mol. The van der Waals surface area contributed by atoms with Crippen LogP contribution >= 0.6 is 0 Å². The van der Waals surface area contributed by atoms with Crippen LogP contribution in [0.2, 0.25) is 0 Å². The third kappa shape index (κ3) is 3.57. The molecule has 0 amide bonds. The molecule has 0 radical (unpaired) electrons. The predicted octanol–water partition coefficient (Wildman–Crippen LogP) is 2.62. The SMILES string of the molecule is CNc1cc(NC2CCOC(C)C2)cc([N+](=O)[O-])c1. The minimum absolute atomic E-state index is 0.0921. The summed E-state index contributed by atoms with van der Waals surface area (Å²) in [6, 6.07) is 5.28. The highest BCUT2D eigenvalue weighted by molar-refractivity contribution is 5.63. The van der Waals surface area contributed by atoms with Gasteiger partial charge in [-0.15, -0.1) is 0 Å². The first-order valence-corrected chi connectivity index (χ1v) is 6.44. The summed E-state index contributed by atoms with van der Waals surface area (Å²) in [5.74, 6) is 0. The highest BCUT2D eigenvalue weighted by Gasteiger charge is 2.20. The van der Waals surface area contributed by atoms with Gasteiger partial charge in [0, 0.05) is 43.2 Å². The van der Waals surface area contributed by atoms with Crippen molar-refractivity contribution < 1.29 is 9.66 Å². The summed E-state index contributed by atoms with van der Waals surface area (Å²) < 4.78 is 5.49. The van der Waals surface area contributed by atoms with Gasteiger partial charge < -0.3 is 15.4 Å². The molecule has 1 aliphatic heterocycles. The van der Waals surface area contributed by atoms with Crippen molar-refractivity contribution in [3.8, 4) is 0 Å². The van der Waals surface area contributed by atoms with Crippen LogP contribution < -0.4 is 10.6 Å². The Morgan fingerprint density at radius 1 is 1.37 bits per heavy atom. The average molecular weight is 265 g/mol. The molecule has 19 heavy (non-hydrogen) atoms. The van der Waals surface area contributed by atoms with Gasteiger partial charge in [0.25, 0.3) is 5.69 Å². The van der Waals surface area contributed by atoms with Crippen LogP contribution in [0.3, 0.4) is 0 Å². The smallest absolute Gasteiger partial charge is 0.273 e. The number of non-ortho nitro benzene ring substituents is 1. The number of anilines is 2. The molecule has 0 saturated carbocycles. The highest BCUT2D eigenvalue weighted by Crippen LogP contribution is 2.26. The van der Waals surface area contributed by atoms with Crippen molar-refractivity contribution in [2.75, 3.05) is 24.3 Å². The first-order valence-electron chi connectivity index (χ1n) is 6.44. The molecule has 6 nitrogen and oxygen atoms in total. The van der Waals surface area contributed by atoms with Crippen LogP contribution in [-0.2, 0) is 4.74 Å². The molecule has 104 valence electrons. The molecule has 1 aromatic rings. The van der Waals surface area contributed by atoms with Gasteiger partial charge in [-0.1, -0.05) is 0 Å². The fourth-order valence-electron chi connectivity index (χ4n) is 2.31. The first-order chi connectivity index (χ1) is 9.08. The second-order valence-electron chi connectivity index (χ2n) is 4.82. The summed E-state index contributed by atoms with van der Waals surface area (Å²) in [4.78, 5) is 10.5. The number of ether oxygens (including phenoxy) is 1. The van der Waals surface area contributed by atoms with E-state index >= 15 is 0 Å². The maximum Gasteiger partial charge on any atom is 0.273 e. The Balaban J connectivity index is 2.14. The Labute approximate surface area is 112 Å². The number of nitrogens with one attached hydrogen (secondary N) is 2. The highest BCUT2D eigenvalue weighted by atomic mass is 16.6. The summed E-state index contributed by atoms with van der Waals surface area (Å²) in [5, 5.41) is 17.2. The van der Waals surface area contributed by atoms with Crippen LogP contribution in [0, 0.1) is 10.1 Å². The van der Waals surface area contributed by atoms with Crippen molar-refractivity contribution in [2.24, 2.45) is 0 Å². The summed E-state index contributed by atoms with van der Waals surface area (Å²) in [7, 11) is 1.75. The third-order valence-electron chi connectivity index (χ3n) is 3.27. The van der Waals surface area contributed by atoms with Gasteiger partial charge in [0.15, 0.2) is 0 Å². The summed E-state index contributed by atoms with van der Waals surface area (Å²) in [5.41, 5.74) is 1.60. The molecule has 0 bridgehead atoms. The summed E-state index contributed by atoms with van der Waals surface area (Å²) in [6.07, 6.45) is 2.06. The average Bonchev–Trinajstić information content (AvgIpc) is 2.38. The molecule has 0 spiro atoms. The van der Waals surface area contributed by atoms with E-state index in [-0.39, 0.29) is 16.7 Å². The van der Waals surface area contributed by atoms with Crippen LogP contribution in [0.25, 0.3) is 0 Å². The minimum atomic E-state index is -0.376. The molecule has 2 atom stereocenters. The maximum atomic E-state index is 10.9. The van der Waals surface area contributed by atoms with Crippen molar-refractivity contribution in [1.29, 1.82) is 0 Å². The van der Waals surface area contributed by atoms with Crippen LogP contribution in [0.1, 0.15) is 19.8 Å². The van der Waals surface area contributed by atoms with Crippen molar-refractivity contribution >= 4 is 17.1 Å². The topological polar surface area (TPSA) is 76.4 Å². The zero-order valence-corrected chi connectivity index (χ0v) is 11.2. The molecule has 2 N–H and O–H groups in total. The van der Waals surface area contributed by atoms with E-state index in [1.807, 2.05) is 13.0 Å². The van der Waals surface area contributed by atoms with E-state index in [4.69, 9.17) is 4.74 Å². The number of hydrogen-bond acceptors (Lipinski definition) is 5. The summed E-state index contributed by atoms with van der Waals surface area (Å²) in [6.45, 7) is 2.77. The Bertz CT molecular complexity index is 464. The van der Waals surface area contributed by atoms with Crippen molar-refractivity contribution in [1.82, 2.24) is 0 Å². The standard InChI is InChI=1S/C13H19N3O3/c1-9-5-10(3-4-19-9)15-12-6-11(14-2)7-13(8-12)16(17)18/h6-10,14-15H,3-5H2,1-2H3. The fraction of sp³-hybridized carbons (Fsp3) is 0.538. The zero-order chi connectivity index (χ0) is 13.8. The summed E-state index contributed by atoms with van der Waals surface area (Å²) >= 11 is 0. The van der Waals surface area contributed by atoms with Crippen molar-refractivity contribution in [2.45, 2.75) is 31.9 Å². The second kappa shape index (κ2) is 5.88. The molecular formula is C13H19N3O3. The number of benzene rings is 1. The first kappa shape index (κ1) is 13.6. The molecule has 1 aliphatic rings. The maximum absolute atomic E-state index is 10.9. The molecule has 1 fully saturated rings. The lowest BCUT2D eigenvalue weighted by Crippen LogP contribution is -2.32. The Morgan fingerprint density at radius 3 is 2.74 bits per heavy atom. The largest absolute Gasteiger partial charge is 0.388 e. The molecule has 1 aromatic carbocycles. The van der Waals surface area contributed by atoms with Crippen molar-refractivity contribution in [3.63, 3.8) is 0 Å². The second-order valence-corrected chi connectivity index (χ2v) is 4.82. The van der Waals surface area contributed by atoms with Gasteiger partial charge in [-0.2, -0.15) is 0 Å². The third-order valence-corrected chi connectivity index (χ3v) is 3.27. The van der Waals surface area contributed by atoms with E-state index in [1.165, 1.54) is 6.07 Å². The molecule has 2 unspecified atom stereocenters. The Kier molecular flexibility index (Phi) is 4.21. The quantitative estimate of drug-likeness (QED) is 0.646. The normalized spacial score (nSPS) is 22.8. The molecule has 2 rings (SSSR count). The Hall–Kier alpha value is -1.82. The van der Waals surface area contributed by atoms with Gasteiger partial charge in [-0.25, -0.2) is 0 Å². The van der Waals surface area contributed by atoms with Crippen LogP contribution in [0.15, 0.2) is 18.2 Å². The molecule has 0 aromatic heterocycles. The van der Waals surface area contributed by atoms with Crippen LogP contribution in [0.5, 0.6) is 0 Å². The van der Waals surface area contributed by atoms with E-state index in [9.17, 15) is 10.1 Å². The lowest BCUT2D eigenvalue weighted by atomic mass is 10.0. The van der Waals surface area contributed by atoms with Gasteiger partial charge in [-0.05, 0) is 25.8 Å². The number of hydrogen-bond donors (Lipinski definition) is 2. The lowest BCUT2D eigenvalue weighted by Gasteiger charge is -2.28. The van der Waals surface area contributed by atoms with Gasteiger partial charge in [0.2, 0.25) is 0 Å². The molecular weight excluding hydrogens is 246 g/mol. The molecule has 0 aliphatic carbocycles. The fourth-order valence-corrected chi connectivity index (χ4v) is 2.31. The van der Waals surface area contributed by atoms with E-state index in [2.05, 4.69) is 10.6 Å². The minimum Gasteiger partial charge on any atom is -0.388 e. The number of nitrogens with zero attached hydrogens (tertiary/aromatic N) is 1. The van der Waals surface area contributed by atoms with E-state index in [0.717, 1.165) is 30.8 Å². The van der Waals surface area contributed by atoms with Gasteiger partial charge in [0.05, 0.1) is 11.0 Å². The van der Waals surface area contributed by atoms with Gasteiger partial charge in [0.1, 0.15) is 0 Å². The molecule has 6 heteroatoms. The lowest BCUT2D eigenvalue weighted by molar-refractivity contribution is -0.384. The van der Waals surface area contributed by atoms with Crippen molar-refractivity contribution in [3.05, 3.63) is 28.3 Å². The Morgan fingerprint density at radius 2 is 2.11 bits per heavy atom. The number of nitro benzene ring substituents is 1. The van der Waals surface area contributed by atoms with E-state index < -0.39 is 0 Å². The zero-order valence-electron chi connectivity index (χ0n) is 11.2. The number of nitro groups is 1. The van der Waals surface area contributed by atoms with Crippen LogP contribution in [0.4, 0.5) is 17.1 Å². The van der Waals surface area contributed by atoms with Crippen LogP contribution in [-0.4, -0.2) is 30.7 Å². The molecule has 1 heterocycles. The van der Waals surface area contributed by atoms with E-state index in [1.54, 1.807) is 13.1 Å². The van der Waals surface area contributed by atoms with Gasteiger partial charge in [-0.3, -0.25) is 10.1 Å². The number of rotatable bonds is 4.